The molecule has 0 unspecified atom stereocenters. The lowest BCUT2D eigenvalue weighted by atomic mass is 9.96. The van der Waals surface area contributed by atoms with E-state index in [4.69, 9.17) is 9.47 Å². The van der Waals surface area contributed by atoms with Crippen LogP contribution in [0.3, 0.4) is 0 Å². The molecule has 3 aromatic rings. The molecule has 1 aliphatic rings. The Morgan fingerprint density at radius 2 is 1.66 bits per heavy atom. The van der Waals surface area contributed by atoms with Crippen molar-refractivity contribution >= 4 is 16.9 Å². The molecule has 0 amide bonds. The Morgan fingerprint density at radius 1 is 1.00 bits per heavy atom. The molecule has 1 aromatic carbocycles. The predicted octanol–water partition coefficient (Wildman–Crippen LogP) is 1.82. The van der Waals surface area contributed by atoms with Crippen molar-refractivity contribution in [3.05, 3.63) is 40.4 Å². The largest absolute Gasteiger partial charge is 0.467 e. The molecule has 0 aliphatic carbocycles. The van der Waals surface area contributed by atoms with Crippen LogP contribution in [0.15, 0.2) is 29.1 Å². The van der Waals surface area contributed by atoms with Crippen molar-refractivity contribution in [1.29, 1.82) is 0 Å². The minimum atomic E-state index is 0.0301. The Labute approximate surface area is 168 Å². The molecule has 1 fully saturated rings. The number of hydrogen-bond donors (Lipinski definition) is 0. The molecule has 0 radical (unpaired) electrons. The Bertz CT molecular complexity index is 1050. The van der Waals surface area contributed by atoms with Crippen LogP contribution >= 0.6 is 0 Å². The lowest BCUT2D eigenvalue weighted by Gasteiger charge is -2.32. The van der Waals surface area contributed by atoms with Crippen LogP contribution in [0.5, 0.6) is 12.0 Å². The van der Waals surface area contributed by atoms with Crippen molar-refractivity contribution in [3.8, 4) is 12.0 Å². The predicted molar refractivity (Wildman–Crippen MR) is 109 cm³/mol. The van der Waals surface area contributed by atoms with Crippen molar-refractivity contribution in [2.75, 3.05) is 32.2 Å². The van der Waals surface area contributed by atoms with Gasteiger partial charge in [0.1, 0.15) is 5.82 Å². The van der Waals surface area contributed by atoms with E-state index in [1.54, 1.807) is 4.57 Å². The molecule has 0 saturated carbocycles. The van der Waals surface area contributed by atoms with E-state index >= 15 is 0 Å². The zero-order valence-corrected chi connectivity index (χ0v) is 16.8. The molecule has 2 aromatic heterocycles. The number of methoxy groups -OCH3 is 2. The quantitative estimate of drug-likeness (QED) is 0.645. The summed E-state index contributed by atoms with van der Waals surface area (Å²) in [7, 11) is 3.03. The van der Waals surface area contributed by atoms with E-state index in [1.165, 1.54) is 14.2 Å². The van der Waals surface area contributed by atoms with E-state index < -0.39 is 0 Å². The fourth-order valence-corrected chi connectivity index (χ4v) is 3.72. The highest BCUT2D eigenvalue weighted by Crippen LogP contribution is 2.24. The Kier molecular flexibility index (Phi) is 5.28. The maximum atomic E-state index is 12.9. The van der Waals surface area contributed by atoms with Crippen molar-refractivity contribution < 1.29 is 9.47 Å². The molecule has 3 heterocycles. The van der Waals surface area contributed by atoms with Gasteiger partial charge in [-0.2, -0.15) is 9.97 Å². The van der Waals surface area contributed by atoms with Crippen LogP contribution in [-0.4, -0.2) is 51.8 Å². The summed E-state index contributed by atoms with van der Waals surface area (Å²) >= 11 is 0. The third-order valence-electron chi connectivity index (χ3n) is 5.34. The fraction of sp³-hybridized carbons (Fsp3) is 0.450. The van der Waals surface area contributed by atoms with Crippen LogP contribution in [0.4, 0.5) is 5.95 Å². The third kappa shape index (κ3) is 3.85. The number of aromatic nitrogens is 5. The molecule has 4 rings (SSSR count). The minimum Gasteiger partial charge on any atom is -0.467 e. The van der Waals surface area contributed by atoms with Crippen molar-refractivity contribution in [1.82, 2.24) is 24.5 Å². The molecule has 0 spiro atoms. The highest BCUT2D eigenvalue weighted by molar-refractivity contribution is 5.77. The van der Waals surface area contributed by atoms with Gasteiger partial charge in [0, 0.05) is 19.6 Å². The Morgan fingerprint density at radius 3 is 2.31 bits per heavy atom. The number of anilines is 1. The monoisotopic (exact) mass is 396 g/mol. The normalized spacial score (nSPS) is 14.9. The summed E-state index contributed by atoms with van der Waals surface area (Å²) in [4.78, 5) is 32.3. The molecule has 0 bridgehead atoms. The summed E-state index contributed by atoms with van der Waals surface area (Å²) in [5.74, 6) is 1.69. The first-order valence-corrected chi connectivity index (χ1v) is 9.64. The summed E-state index contributed by atoms with van der Waals surface area (Å²) in [6.45, 7) is 4.14. The summed E-state index contributed by atoms with van der Waals surface area (Å²) in [6, 6.07) is 7.96. The third-order valence-corrected chi connectivity index (χ3v) is 5.34. The maximum absolute atomic E-state index is 12.9. The number of nitrogens with zero attached hydrogens (tertiary/aromatic N) is 6. The van der Waals surface area contributed by atoms with Gasteiger partial charge in [-0.15, -0.1) is 4.98 Å². The van der Waals surface area contributed by atoms with Gasteiger partial charge in [-0.3, -0.25) is 9.36 Å². The number of para-hydroxylation sites is 1. The van der Waals surface area contributed by atoms with Gasteiger partial charge in [0.25, 0.3) is 5.56 Å². The average molecular weight is 396 g/mol. The number of ether oxygens (including phenoxy) is 2. The number of aryl methyl sites for hydroxylation is 1. The summed E-state index contributed by atoms with van der Waals surface area (Å²) in [5.41, 5.74) is 0.779. The number of benzene rings is 1. The first-order valence-electron chi connectivity index (χ1n) is 9.64. The van der Waals surface area contributed by atoms with Gasteiger partial charge in [-0.05, 0) is 37.8 Å². The number of hydrogen-bond acceptors (Lipinski definition) is 8. The van der Waals surface area contributed by atoms with E-state index in [1.807, 2.05) is 31.2 Å². The standard InChI is InChI=1S/C20H24N6O3/c1-13-21-16-7-5-4-6-15(16)17(27)26(13)12-14-8-10-25(11-9-14)18-22-19(28-2)24-20(23-18)29-3/h4-7,14H,8-12H2,1-3H3. The van der Waals surface area contributed by atoms with Gasteiger partial charge in [-0.1, -0.05) is 12.1 Å². The van der Waals surface area contributed by atoms with Crippen molar-refractivity contribution in [3.63, 3.8) is 0 Å². The zero-order chi connectivity index (χ0) is 20.4. The van der Waals surface area contributed by atoms with Crippen LogP contribution in [0, 0.1) is 12.8 Å². The molecule has 1 aliphatic heterocycles. The highest BCUT2D eigenvalue weighted by atomic mass is 16.5. The van der Waals surface area contributed by atoms with E-state index in [2.05, 4.69) is 24.8 Å². The average Bonchev–Trinajstić information content (AvgIpc) is 2.76. The van der Waals surface area contributed by atoms with Gasteiger partial charge in [-0.25, -0.2) is 4.98 Å². The lowest BCUT2D eigenvalue weighted by molar-refractivity contribution is 0.330. The molecule has 0 atom stereocenters. The first-order chi connectivity index (χ1) is 14.1. The zero-order valence-electron chi connectivity index (χ0n) is 16.8. The van der Waals surface area contributed by atoms with Gasteiger partial charge >= 0.3 is 12.0 Å². The Balaban J connectivity index is 1.49. The van der Waals surface area contributed by atoms with Gasteiger partial charge in [0.2, 0.25) is 5.95 Å². The second kappa shape index (κ2) is 8.02. The highest BCUT2D eigenvalue weighted by Gasteiger charge is 2.24. The van der Waals surface area contributed by atoms with Gasteiger partial charge < -0.3 is 14.4 Å². The lowest BCUT2D eigenvalue weighted by Crippen LogP contribution is -2.38. The van der Waals surface area contributed by atoms with Crippen LogP contribution in [-0.2, 0) is 6.54 Å². The SMILES string of the molecule is COc1nc(OC)nc(N2CCC(Cn3c(C)nc4ccccc4c3=O)CC2)n1. The van der Waals surface area contributed by atoms with Crippen LogP contribution in [0.25, 0.3) is 10.9 Å². The van der Waals surface area contributed by atoms with E-state index in [0.29, 0.717) is 23.8 Å². The van der Waals surface area contributed by atoms with Gasteiger partial charge in [0.05, 0.1) is 25.1 Å². The Hall–Kier alpha value is -3.23. The number of fused-ring (bicyclic) bond motifs is 1. The van der Waals surface area contributed by atoms with Crippen molar-refractivity contribution in [2.24, 2.45) is 5.92 Å². The molecule has 29 heavy (non-hydrogen) atoms. The van der Waals surface area contributed by atoms with Crippen LogP contribution in [0.2, 0.25) is 0 Å². The molecule has 1 saturated heterocycles. The summed E-state index contributed by atoms with van der Waals surface area (Å²) < 4.78 is 12.1. The fourth-order valence-electron chi connectivity index (χ4n) is 3.72. The number of rotatable bonds is 5. The smallest absolute Gasteiger partial charge is 0.324 e. The van der Waals surface area contributed by atoms with E-state index in [0.717, 1.165) is 37.3 Å². The van der Waals surface area contributed by atoms with E-state index in [9.17, 15) is 4.79 Å². The maximum Gasteiger partial charge on any atom is 0.324 e. The molecule has 152 valence electrons. The molecular weight excluding hydrogens is 372 g/mol. The topological polar surface area (TPSA) is 95.3 Å². The molecule has 0 N–H and O–H groups in total. The van der Waals surface area contributed by atoms with Gasteiger partial charge in [0.15, 0.2) is 0 Å². The number of piperidine rings is 1. The second-order valence-electron chi connectivity index (χ2n) is 7.13. The molecule has 9 heteroatoms. The van der Waals surface area contributed by atoms with Crippen molar-refractivity contribution in [2.45, 2.75) is 26.3 Å². The van der Waals surface area contributed by atoms with Crippen LogP contribution < -0.4 is 19.9 Å². The minimum absolute atomic E-state index is 0.0301. The first kappa shape index (κ1) is 19.1. The van der Waals surface area contributed by atoms with Crippen LogP contribution in [0.1, 0.15) is 18.7 Å². The summed E-state index contributed by atoms with van der Waals surface area (Å²) in [5, 5.41) is 0.667. The second-order valence-corrected chi connectivity index (χ2v) is 7.13. The molecular formula is C20H24N6O3. The molecule has 9 nitrogen and oxygen atoms in total. The summed E-state index contributed by atoms with van der Waals surface area (Å²) in [6.07, 6.45) is 1.85. The van der Waals surface area contributed by atoms with E-state index in [-0.39, 0.29) is 17.6 Å².